The van der Waals surface area contributed by atoms with E-state index in [9.17, 15) is 14.0 Å². The molecule has 8 heteroatoms. The first-order valence-electron chi connectivity index (χ1n) is 8.85. The highest BCUT2D eigenvalue weighted by Crippen LogP contribution is 2.30. The van der Waals surface area contributed by atoms with E-state index in [0.717, 1.165) is 0 Å². The lowest BCUT2D eigenvalue weighted by Crippen LogP contribution is -2.54. The lowest BCUT2D eigenvalue weighted by atomic mass is 10.0. The molecule has 27 heavy (non-hydrogen) atoms. The number of ether oxygens (including phenoxy) is 1. The Morgan fingerprint density at radius 1 is 1.22 bits per heavy atom. The number of rotatable bonds is 6. The van der Waals surface area contributed by atoms with Gasteiger partial charge in [-0.25, -0.2) is 14.2 Å². The Kier molecular flexibility index (Phi) is 6.41. The number of hydrogen-bond donors (Lipinski definition) is 2. The molecule has 1 atom stereocenters. The summed E-state index contributed by atoms with van der Waals surface area (Å²) in [6.45, 7) is 10.8. The number of fused-ring (bicyclic) bond motifs is 1. The summed E-state index contributed by atoms with van der Waals surface area (Å²) in [6.07, 6.45) is -0.910. The second-order valence-corrected chi connectivity index (χ2v) is 8.60. The Morgan fingerprint density at radius 3 is 2.48 bits per heavy atom. The number of hydrogen-bond acceptors (Lipinski definition) is 5. The highest BCUT2D eigenvalue weighted by Gasteiger charge is 2.32. The number of amides is 2. The van der Waals surface area contributed by atoms with Crippen LogP contribution in [0.25, 0.3) is 10.2 Å². The van der Waals surface area contributed by atoms with Crippen LogP contribution in [0, 0.1) is 11.7 Å². The quantitative estimate of drug-likeness (QED) is 0.776. The maximum absolute atomic E-state index is 13.4. The maximum atomic E-state index is 13.4. The van der Waals surface area contributed by atoms with E-state index < -0.39 is 17.7 Å². The molecule has 0 saturated carbocycles. The zero-order chi connectivity index (χ0) is 20.4. The van der Waals surface area contributed by atoms with E-state index in [4.69, 9.17) is 4.74 Å². The van der Waals surface area contributed by atoms with Gasteiger partial charge in [0, 0.05) is 0 Å². The van der Waals surface area contributed by atoms with E-state index in [-0.39, 0.29) is 23.7 Å². The summed E-state index contributed by atoms with van der Waals surface area (Å²) in [4.78, 5) is 29.2. The van der Waals surface area contributed by atoms with E-state index >= 15 is 0 Å². The molecular weight excluding hydrogens is 369 g/mol. The zero-order valence-corrected chi connectivity index (χ0v) is 17.2. The lowest BCUT2D eigenvalue weighted by Gasteiger charge is -2.29. The van der Waals surface area contributed by atoms with Gasteiger partial charge in [-0.1, -0.05) is 13.8 Å². The van der Waals surface area contributed by atoms with Gasteiger partial charge in [-0.2, -0.15) is 0 Å². The summed E-state index contributed by atoms with van der Waals surface area (Å²) >= 11 is 1.32. The van der Waals surface area contributed by atoms with Gasteiger partial charge < -0.3 is 15.4 Å². The van der Waals surface area contributed by atoms with Crippen LogP contribution in [-0.4, -0.2) is 29.1 Å². The molecule has 0 aliphatic rings. The second kappa shape index (κ2) is 8.21. The summed E-state index contributed by atoms with van der Waals surface area (Å²) in [5.74, 6) is -0.793. The predicted octanol–water partition coefficient (Wildman–Crippen LogP) is 3.95. The summed E-state index contributed by atoms with van der Waals surface area (Å²) in [7, 11) is 0. The molecule has 2 amide bonds. The molecule has 0 radical (unpaired) electrons. The van der Waals surface area contributed by atoms with Crippen LogP contribution in [-0.2, 0) is 15.1 Å². The minimum Gasteiger partial charge on any atom is -0.447 e. The Bertz CT molecular complexity index is 833. The third kappa shape index (κ3) is 5.38. The number of alkyl carbamates (subject to hydrolysis) is 1. The van der Waals surface area contributed by atoms with Crippen LogP contribution in [0.1, 0.15) is 46.6 Å². The van der Waals surface area contributed by atoms with Gasteiger partial charge in [0.05, 0.1) is 21.9 Å². The van der Waals surface area contributed by atoms with Gasteiger partial charge in [-0.05, 0) is 51.8 Å². The fraction of sp³-hybridized carbons (Fsp3) is 0.526. The summed E-state index contributed by atoms with van der Waals surface area (Å²) < 4.78 is 19.2. The molecule has 2 rings (SSSR count). The van der Waals surface area contributed by atoms with Crippen molar-refractivity contribution in [3.63, 3.8) is 0 Å². The van der Waals surface area contributed by atoms with Gasteiger partial charge in [0.1, 0.15) is 16.9 Å². The number of halogens is 1. The molecule has 1 aromatic heterocycles. The molecule has 0 aliphatic carbocycles. The predicted molar refractivity (Wildman–Crippen MR) is 104 cm³/mol. The highest BCUT2D eigenvalue weighted by atomic mass is 32.1. The fourth-order valence-electron chi connectivity index (χ4n) is 2.52. The van der Waals surface area contributed by atoms with Gasteiger partial charge >= 0.3 is 6.09 Å². The topological polar surface area (TPSA) is 80.3 Å². The Hall–Kier alpha value is -2.22. The lowest BCUT2D eigenvalue weighted by molar-refractivity contribution is -0.125. The molecule has 2 N–H and O–H groups in total. The van der Waals surface area contributed by atoms with E-state index in [1.165, 1.54) is 23.5 Å². The van der Waals surface area contributed by atoms with Crippen molar-refractivity contribution in [1.29, 1.82) is 0 Å². The van der Waals surface area contributed by atoms with E-state index in [1.54, 1.807) is 19.9 Å². The first kappa shape index (κ1) is 21.1. The number of carbonyl (C=O) groups is 2. The number of nitrogens with one attached hydrogen (secondary N) is 2. The van der Waals surface area contributed by atoms with Gasteiger partial charge in [-0.15, -0.1) is 11.3 Å². The smallest absolute Gasteiger partial charge is 0.408 e. The molecule has 2 aromatic rings. The monoisotopic (exact) mass is 395 g/mol. The molecule has 0 spiro atoms. The number of aromatic nitrogens is 1. The molecule has 1 aromatic carbocycles. The second-order valence-electron chi connectivity index (χ2n) is 7.57. The van der Waals surface area contributed by atoms with Crippen molar-refractivity contribution in [2.75, 3.05) is 0 Å². The van der Waals surface area contributed by atoms with Gasteiger partial charge in [0.2, 0.25) is 5.91 Å². The van der Waals surface area contributed by atoms with Crippen LogP contribution >= 0.6 is 11.3 Å². The van der Waals surface area contributed by atoms with Crippen molar-refractivity contribution >= 4 is 33.6 Å². The summed E-state index contributed by atoms with van der Waals surface area (Å²) in [5.41, 5.74) is -0.105. The van der Waals surface area contributed by atoms with Crippen LogP contribution in [0.15, 0.2) is 18.2 Å². The molecule has 1 heterocycles. The molecular formula is C19H26FN3O3S. The fourth-order valence-corrected chi connectivity index (χ4v) is 3.56. The Morgan fingerprint density at radius 2 is 1.89 bits per heavy atom. The molecule has 0 unspecified atom stereocenters. The van der Waals surface area contributed by atoms with Crippen LogP contribution < -0.4 is 10.6 Å². The van der Waals surface area contributed by atoms with Crippen LogP contribution in [0.4, 0.5) is 9.18 Å². The number of thiazole rings is 1. The molecule has 0 saturated heterocycles. The van der Waals surface area contributed by atoms with Gasteiger partial charge in [-0.3, -0.25) is 4.79 Å². The standard InChI is InChI=1S/C19H26FN3O3S/c1-10(2)15(22-18(25)26-11(3)4)16(24)23-19(5,6)17-21-13-8-7-12(20)9-14(13)27-17/h7-11,15H,1-6H3,(H,22,25)(H,23,24)/t15-/m0/s1. The Labute approximate surface area is 162 Å². The van der Waals surface area contributed by atoms with Crippen molar-refractivity contribution in [3.05, 3.63) is 29.0 Å². The maximum Gasteiger partial charge on any atom is 0.408 e. The van der Waals surface area contributed by atoms with Crippen molar-refractivity contribution in [1.82, 2.24) is 15.6 Å². The minimum absolute atomic E-state index is 0.134. The van der Waals surface area contributed by atoms with E-state index in [2.05, 4.69) is 15.6 Å². The molecule has 0 aliphatic heterocycles. The zero-order valence-electron chi connectivity index (χ0n) is 16.4. The van der Waals surface area contributed by atoms with Crippen molar-refractivity contribution in [3.8, 4) is 0 Å². The summed E-state index contributed by atoms with van der Waals surface area (Å²) in [5, 5.41) is 6.21. The van der Waals surface area contributed by atoms with E-state index in [1.807, 2.05) is 27.7 Å². The highest BCUT2D eigenvalue weighted by molar-refractivity contribution is 7.18. The number of nitrogens with zero attached hydrogens (tertiary/aromatic N) is 1. The van der Waals surface area contributed by atoms with Gasteiger partial charge in [0.25, 0.3) is 0 Å². The molecule has 0 bridgehead atoms. The first-order valence-corrected chi connectivity index (χ1v) is 9.67. The molecule has 0 fully saturated rings. The minimum atomic E-state index is -0.784. The SMILES string of the molecule is CC(C)OC(=O)N[C@H](C(=O)NC(C)(C)c1nc2ccc(F)cc2s1)C(C)C. The van der Waals surface area contributed by atoms with Gasteiger partial charge in [0.15, 0.2) is 0 Å². The Balaban J connectivity index is 2.17. The third-order valence-corrected chi connectivity index (χ3v) is 5.23. The van der Waals surface area contributed by atoms with Crippen molar-refractivity contribution in [2.24, 2.45) is 5.92 Å². The van der Waals surface area contributed by atoms with Crippen molar-refractivity contribution < 1.29 is 18.7 Å². The first-order chi connectivity index (χ1) is 12.5. The number of carbonyl (C=O) groups excluding carboxylic acids is 2. The largest absolute Gasteiger partial charge is 0.447 e. The molecule has 6 nitrogen and oxygen atoms in total. The number of benzene rings is 1. The summed E-state index contributed by atoms with van der Waals surface area (Å²) in [6, 6.07) is 3.65. The molecule has 148 valence electrons. The normalized spacial score (nSPS) is 13.1. The van der Waals surface area contributed by atoms with Crippen molar-refractivity contribution in [2.45, 2.75) is 59.2 Å². The van der Waals surface area contributed by atoms with E-state index in [0.29, 0.717) is 15.2 Å². The average molecular weight is 396 g/mol. The van der Waals surface area contributed by atoms with Crippen LogP contribution in [0.5, 0.6) is 0 Å². The van der Waals surface area contributed by atoms with Crippen LogP contribution in [0.3, 0.4) is 0 Å². The van der Waals surface area contributed by atoms with Crippen LogP contribution in [0.2, 0.25) is 0 Å². The average Bonchev–Trinajstić information content (AvgIpc) is 2.95. The third-order valence-electron chi connectivity index (χ3n) is 3.89.